The molecule has 3 aromatic heterocycles. The fourth-order valence-corrected chi connectivity index (χ4v) is 2.80. The van der Waals surface area contributed by atoms with Gasteiger partial charge in [-0.2, -0.15) is 10.2 Å². The van der Waals surface area contributed by atoms with Gasteiger partial charge in [0.1, 0.15) is 17.5 Å². The van der Waals surface area contributed by atoms with Crippen molar-refractivity contribution >= 4 is 27.7 Å². The third-order valence-corrected chi connectivity index (χ3v) is 3.76. The van der Waals surface area contributed by atoms with Gasteiger partial charge in [-0.1, -0.05) is 12.1 Å². The predicted octanol–water partition coefficient (Wildman–Crippen LogP) is 3.01. The highest BCUT2D eigenvalue weighted by atomic mass is 16.5. The number of para-hydroxylation sites is 2. The van der Waals surface area contributed by atoms with E-state index >= 15 is 0 Å². The van der Waals surface area contributed by atoms with Crippen LogP contribution in [-0.4, -0.2) is 26.0 Å². The zero-order valence-corrected chi connectivity index (χ0v) is 12.7. The molecule has 0 radical (unpaired) electrons. The summed E-state index contributed by atoms with van der Waals surface area (Å²) in [7, 11) is 0. The Morgan fingerprint density at radius 1 is 1.22 bits per heavy atom. The van der Waals surface area contributed by atoms with Crippen molar-refractivity contribution in [3.8, 4) is 11.9 Å². The lowest BCUT2D eigenvalue weighted by Gasteiger charge is -2.08. The first-order valence-corrected chi connectivity index (χ1v) is 7.34. The molecule has 0 fully saturated rings. The van der Waals surface area contributed by atoms with Gasteiger partial charge in [0.15, 0.2) is 11.3 Å². The Kier molecular flexibility index (Phi) is 2.88. The molecule has 0 spiro atoms. The molecule has 0 atom stereocenters. The van der Waals surface area contributed by atoms with E-state index < -0.39 is 0 Å². The number of benzene rings is 1. The van der Waals surface area contributed by atoms with E-state index in [1.54, 1.807) is 6.07 Å². The fraction of sp³-hybridized carbons (Fsp3) is 0.176. The molecule has 23 heavy (non-hydrogen) atoms. The molecule has 0 aliphatic carbocycles. The first kappa shape index (κ1) is 13.5. The highest BCUT2D eigenvalue weighted by Crippen LogP contribution is 2.27. The van der Waals surface area contributed by atoms with Crippen LogP contribution in [0.3, 0.4) is 0 Å². The topological polar surface area (TPSA) is 76.1 Å². The second kappa shape index (κ2) is 4.92. The summed E-state index contributed by atoms with van der Waals surface area (Å²) >= 11 is 0. The molecule has 0 bridgehead atoms. The predicted molar refractivity (Wildman–Crippen MR) is 86.4 cm³/mol. The number of nitrogens with zero attached hydrogens (tertiary/aromatic N) is 5. The SMILES string of the molecule is CCOc1nc2nc(C)n3c4ccccc4nc3c2cc1C#N. The highest BCUT2D eigenvalue weighted by molar-refractivity contribution is 5.95. The van der Waals surface area contributed by atoms with E-state index in [0.717, 1.165) is 27.9 Å². The first-order chi connectivity index (χ1) is 11.2. The Morgan fingerprint density at radius 3 is 2.83 bits per heavy atom. The Morgan fingerprint density at radius 2 is 2.04 bits per heavy atom. The van der Waals surface area contributed by atoms with Gasteiger partial charge in [-0.15, -0.1) is 0 Å². The summed E-state index contributed by atoms with van der Waals surface area (Å²) in [6.07, 6.45) is 0. The highest BCUT2D eigenvalue weighted by Gasteiger charge is 2.15. The number of ether oxygens (including phenoxy) is 1. The van der Waals surface area contributed by atoms with Gasteiger partial charge >= 0.3 is 0 Å². The second-order valence-electron chi connectivity index (χ2n) is 5.18. The van der Waals surface area contributed by atoms with Crippen molar-refractivity contribution in [2.45, 2.75) is 13.8 Å². The van der Waals surface area contributed by atoms with Crippen molar-refractivity contribution in [2.75, 3.05) is 6.61 Å². The normalized spacial score (nSPS) is 11.2. The van der Waals surface area contributed by atoms with Crippen molar-refractivity contribution in [1.29, 1.82) is 5.26 Å². The third kappa shape index (κ3) is 1.90. The molecule has 0 aliphatic rings. The number of aryl methyl sites for hydroxylation is 1. The molecule has 1 aromatic carbocycles. The number of rotatable bonds is 2. The van der Waals surface area contributed by atoms with Gasteiger partial charge in [0.05, 0.1) is 23.0 Å². The van der Waals surface area contributed by atoms with Crippen molar-refractivity contribution in [2.24, 2.45) is 0 Å². The molecule has 112 valence electrons. The van der Waals surface area contributed by atoms with Gasteiger partial charge in [-0.3, -0.25) is 4.40 Å². The minimum atomic E-state index is 0.315. The summed E-state index contributed by atoms with van der Waals surface area (Å²) in [6.45, 7) is 4.22. The maximum atomic E-state index is 9.35. The lowest BCUT2D eigenvalue weighted by molar-refractivity contribution is 0.327. The van der Waals surface area contributed by atoms with E-state index in [1.807, 2.05) is 42.5 Å². The van der Waals surface area contributed by atoms with Crippen LogP contribution in [0, 0.1) is 18.3 Å². The fourth-order valence-electron chi connectivity index (χ4n) is 2.80. The Hall–Kier alpha value is -3.20. The molecule has 0 aliphatic heterocycles. The van der Waals surface area contributed by atoms with Gasteiger partial charge in [0.2, 0.25) is 5.88 Å². The van der Waals surface area contributed by atoms with E-state index in [-0.39, 0.29) is 0 Å². The number of hydrogen-bond acceptors (Lipinski definition) is 5. The standard InChI is InChI=1S/C17H13N5O/c1-3-23-17-11(9-18)8-12-15(21-17)19-10(2)22-14-7-5-4-6-13(14)20-16(12)22/h4-8H,3H2,1-2H3. The molecule has 4 rings (SSSR count). The lowest BCUT2D eigenvalue weighted by Crippen LogP contribution is -2.02. The molecule has 4 aromatic rings. The largest absolute Gasteiger partial charge is 0.477 e. The molecule has 0 saturated carbocycles. The monoisotopic (exact) mass is 303 g/mol. The molecule has 0 unspecified atom stereocenters. The van der Waals surface area contributed by atoms with E-state index in [1.165, 1.54) is 0 Å². The average molecular weight is 303 g/mol. The smallest absolute Gasteiger partial charge is 0.233 e. The molecule has 0 N–H and O–H groups in total. The number of imidazole rings is 1. The van der Waals surface area contributed by atoms with Crippen LogP contribution in [0.2, 0.25) is 0 Å². The number of nitriles is 1. The molecule has 3 heterocycles. The zero-order chi connectivity index (χ0) is 16.0. The lowest BCUT2D eigenvalue weighted by atomic mass is 10.2. The summed E-state index contributed by atoms with van der Waals surface area (Å²) in [5.74, 6) is 1.11. The van der Waals surface area contributed by atoms with Gasteiger partial charge in [-0.25, -0.2) is 9.97 Å². The minimum Gasteiger partial charge on any atom is -0.477 e. The van der Waals surface area contributed by atoms with Gasteiger partial charge < -0.3 is 4.74 Å². The summed E-state index contributed by atoms with van der Waals surface area (Å²) in [6, 6.07) is 11.8. The van der Waals surface area contributed by atoms with Gasteiger partial charge in [-0.05, 0) is 32.0 Å². The summed E-state index contributed by atoms with van der Waals surface area (Å²) in [5, 5.41) is 10.1. The van der Waals surface area contributed by atoms with Crippen molar-refractivity contribution < 1.29 is 4.74 Å². The number of aromatic nitrogens is 4. The van der Waals surface area contributed by atoms with Crippen LogP contribution in [0.1, 0.15) is 18.3 Å². The molecule has 6 nitrogen and oxygen atoms in total. The molecule has 0 amide bonds. The summed E-state index contributed by atoms with van der Waals surface area (Å²) in [4.78, 5) is 13.7. The van der Waals surface area contributed by atoms with E-state index in [9.17, 15) is 5.26 Å². The minimum absolute atomic E-state index is 0.315. The maximum absolute atomic E-state index is 9.35. The molecule has 0 saturated heterocycles. The van der Waals surface area contributed by atoms with Crippen LogP contribution in [0.25, 0.3) is 27.7 Å². The van der Waals surface area contributed by atoms with Gasteiger partial charge in [0.25, 0.3) is 0 Å². The zero-order valence-electron chi connectivity index (χ0n) is 12.7. The Balaban J connectivity index is 2.18. The number of pyridine rings is 1. The van der Waals surface area contributed by atoms with Crippen LogP contribution in [-0.2, 0) is 0 Å². The van der Waals surface area contributed by atoms with Crippen molar-refractivity contribution in [3.05, 3.63) is 41.7 Å². The molecular formula is C17H13N5O. The van der Waals surface area contributed by atoms with Crippen LogP contribution in [0.4, 0.5) is 0 Å². The Labute approximate surface area is 132 Å². The van der Waals surface area contributed by atoms with E-state index in [4.69, 9.17) is 4.74 Å². The molecular weight excluding hydrogens is 290 g/mol. The second-order valence-corrected chi connectivity index (χ2v) is 5.18. The van der Waals surface area contributed by atoms with Crippen LogP contribution in [0.5, 0.6) is 5.88 Å². The van der Waals surface area contributed by atoms with Crippen LogP contribution >= 0.6 is 0 Å². The van der Waals surface area contributed by atoms with E-state index in [0.29, 0.717) is 23.7 Å². The maximum Gasteiger partial charge on any atom is 0.233 e. The van der Waals surface area contributed by atoms with Crippen molar-refractivity contribution in [1.82, 2.24) is 19.4 Å². The molecule has 6 heteroatoms. The van der Waals surface area contributed by atoms with E-state index in [2.05, 4.69) is 21.0 Å². The number of fused-ring (bicyclic) bond motifs is 5. The summed E-state index contributed by atoms with van der Waals surface area (Å²) < 4.78 is 7.43. The van der Waals surface area contributed by atoms with Crippen molar-refractivity contribution in [3.63, 3.8) is 0 Å². The third-order valence-electron chi connectivity index (χ3n) is 3.76. The summed E-state index contributed by atoms with van der Waals surface area (Å²) in [5.41, 5.74) is 3.55. The number of hydrogen-bond donors (Lipinski definition) is 0. The van der Waals surface area contributed by atoms with Crippen LogP contribution in [0.15, 0.2) is 30.3 Å². The first-order valence-electron chi connectivity index (χ1n) is 7.34. The quantitative estimate of drug-likeness (QED) is 0.569. The van der Waals surface area contributed by atoms with Gasteiger partial charge in [0, 0.05) is 0 Å². The Bertz CT molecular complexity index is 1110. The average Bonchev–Trinajstić information content (AvgIpc) is 2.95. The van der Waals surface area contributed by atoms with Crippen LogP contribution < -0.4 is 4.74 Å².